The topological polar surface area (TPSA) is 29.1 Å². The van der Waals surface area contributed by atoms with Gasteiger partial charge in [-0.3, -0.25) is 4.79 Å². The van der Waals surface area contributed by atoms with Gasteiger partial charge in [0.2, 0.25) is 5.91 Å². The third-order valence-corrected chi connectivity index (χ3v) is 4.30. The molecule has 0 spiro atoms. The number of amides is 1. The van der Waals surface area contributed by atoms with Gasteiger partial charge in [-0.2, -0.15) is 0 Å². The SMILES string of the molecule is C[C@H](Cc1ccccc1)NC(=O)C(c1ccccc1)c1ccccc1. The number of hydrogen-bond acceptors (Lipinski definition) is 1. The smallest absolute Gasteiger partial charge is 0.232 e. The summed E-state index contributed by atoms with van der Waals surface area (Å²) in [6.45, 7) is 2.05. The van der Waals surface area contributed by atoms with E-state index in [1.54, 1.807) is 0 Å². The quantitative estimate of drug-likeness (QED) is 0.705. The first-order valence-electron chi connectivity index (χ1n) is 8.68. The van der Waals surface area contributed by atoms with Crippen LogP contribution in [0, 0.1) is 0 Å². The van der Waals surface area contributed by atoms with Gasteiger partial charge in [0.15, 0.2) is 0 Å². The fraction of sp³-hybridized carbons (Fsp3) is 0.174. The van der Waals surface area contributed by atoms with Crippen LogP contribution in [0.1, 0.15) is 29.5 Å². The Bertz CT molecular complexity index is 745. The Hall–Kier alpha value is -2.87. The Balaban J connectivity index is 1.78. The monoisotopic (exact) mass is 329 g/mol. The van der Waals surface area contributed by atoms with Gasteiger partial charge in [0.05, 0.1) is 5.92 Å². The minimum absolute atomic E-state index is 0.0424. The lowest BCUT2D eigenvalue weighted by molar-refractivity contribution is -0.122. The molecule has 25 heavy (non-hydrogen) atoms. The van der Waals surface area contributed by atoms with E-state index in [-0.39, 0.29) is 17.9 Å². The first-order chi connectivity index (χ1) is 12.2. The van der Waals surface area contributed by atoms with E-state index in [2.05, 4.69) is 24.4 Å². The van der Waals surface area contributed by atoms with Crippen molar-refractivity contribution in [2.24, 2.45) is 0 Å². The van der Waals surface area contributed by atoms with Crippen LogP contribution >= 0.6 is 0 Å². The Morgan fingerprint density at radius 3 is 1.68 bits per heavy atom. The van der Waals surface area contributed by atoms with Gasteiger partial charge in [-0.05, 0) is 30.0 Å². The largest absolute Gasteiger partial charge is 0.352 e. The average Bonchev–Trinajstić information content (AvgIpc) is 2.64. The zero-order valence-electron chi connectivity index (χ0n) is 14.4. The van der Waals surface area contributed by atoms with Gasteiger partial charge in [0.25, 0.3) is 0 Å². The molecule has 0 bridgehead atoms. The number of carbonyl (C=O) groups is 1. The third kappa shape index (κ3) is 4.57. The second-order valence-electron chi connectivity index (χ2n) is 6.35. The van der Waals surface area contributed by atoms with Gasteiger partial charge in [-0.15, -0.1) is 0 Å². The van der Waals surface area contributed by atoms with Crippen LogP contribution < -0.4 is 5.32 Å². The normalized spacial score (nSPS) is 11.9. The Labute approximate surface area is 149 Å². The van der Waals surface area contributed by atoms with Crippen molar-refractivity contribution in [3.05, 3.63) is 108 Å². The van der Waals surface area contributed by atoms with Crippen molar-refractivity contribution in [2.45, 2.75) is 25.3 Å². The van der Waals surface area contributed by atoms with Crippen LogP contribution in [0.3, 0.4) is 0 Å². The fourth-order valence-corrected chi connectivity index (χ4v) is 3.13. The van der Waals surface area contributed by atoms with E-state index in [1.807, 2.05) is 78.9 Å². The molecule has 1 amide bonds. The minimum Gasteiger partial charge on any atom is -0.352 e. The summed E-state index contributed by atoms with van der Waals surface area (Å²) >= 11 is 0. The lowest BCUT2D eigenvalue weighted by Crippen LogP contribution is -2.37. The second-order valence-corrected chi connectivity index (χ2v) is 6.35. The number of nitrogens with one attached hydrogen (secondary N) is 1. The first-order valence-corrected chi connectivity index (χ1v) is 8.68. The molecule has 3 rings (SSSR count). The van der Waals surface area contributed by atoms with Crippen LogP contribution in [-0.4, -0.2) is 11.9 Å². The zero-order chi connectivity index (χ0) is 17.5. The van der Waals surface area contributed by atoms with Crippen molar-refractivity contribution in [1.29, 1.82) is 0 Å². The molecule has 0 saturated carbocycles. The zero-order valence-corrected chi connectivity index (χ0v) is 14.4. The molecule has 0 heterocycles. The van der Waals surface area contributed by atoms with Crippen LogP contribution in [0.4, 0.5) is 0 Å². The maximum absolute atomic E-state index is 13.0. The van der Waals surface area contributed by atoms with Crippen LogP contribution in [0.15, 0.2) is 91.0 Å². The summed E-state index contributed by atoms with van der Waals surface area (Å²) in [6.07, 6.45) is 0.822. The Morgan fingerprint density at radius 1 is 0.760 bits per heavy atom. The lowest BCUT2D eigenvalue weighted by atomic mass is 9.90. The molecule has 0 saturated heterocycles. The Kier molecular flexibility index (Phi) is 5.63. The van der Waals surface area contributed by atoms with Gasteiger partial charge < -0.3 is 5.32 Å². The molecule has 0 aliphatic rings. The van der Waals surface area contributed by atoms with E-state index in [4.69, 9.17) is 0 Å². The highest BCUT2D eigenvalue weighted by Crippen LogP contribution is 2.25. The molecule has 1 atom stereocenters. The standard InChI is InChI=1S/C23H23NO/c1-18(17-19-11-5-2-6-12-19)24-23(25)22(20-13-7-3-8-14-20)21-15-9-4-10-16-21/h2-16,18,22H,17H2,1H3,(H,24,25)/t18-/m1/s1. The van der Waals surface area contributed by atoms with Crippen molar-refractivity contribution >= 4 is 5.91 Å². The van der Waals surface area contributed by atoms with Gasteiger partial charge in [0, 0.05) is 6.04 Å². The van der Waals surface area contributed by atoms with Crippen LogP contribution in [0.2, 0.25) is 0 Å². The summed E-state index contributed by atoms with van der Waals surface area (Å²) in [7, 11) is 0. The molecule has 126 valence electrons. The summed E-state index contributed by atoms with van der Waals surface area (Å²) in [6, 6.07) is 30.2. The molecule has 0 fully saturated rings. The summed E-state index contributed by atoms with van der Waals surface area (Å²) in [5.41, 5.74) is 3.25. The van der Waals surface area contributed by atoms with Gasteiger partial charge in [0.1, 0.15) is 0 Å². The van der Waals surface area contributed by atoms with Gasteiger partial charge in [-0.1, -0.05) is 91.0 Å². The summed E-state index contributed by atoms with van der Waals surface area (Å²) in [4.78, 5) is 13.0. The molecule has 0 aromatic heterocycles. The lowest BCUT2D eigenvalue weighted by Gasteiger charge is -2.21. The van der Waals surface area contributed by atoms with Crippen LogP contribution in [0.25, 0.3) is 0 Å². The molecule has 2 nitrogen and oxygen atoms in total. The van der Waals surface area contributed by atoms with Crippen molar-refractivity contribution in [1.82, 2.24) is 5.32 Å². The molecule has 3 aromatic rings. The van der Waals surface area contributed by atoms with Crippen molar-refractivity contribution < 1.29 is 4.79 Å². The molecular weight excluding hydrogens is 306 g/mol. The predicted octanol–water partition coefficient (Wildman–Crippen LogP) is 4.57. The fourth-order valence-electron chi connectivity index (χ4n) is 3.13. The van der Waals surface area contributed by atoms with Crippen molar-refractivity contribution in [3.8, 4) is 0 Å². The average molecular weight is 329 g/mol. The molecule has 2 heteroatoms. The predicted molar refractivity (Wildman–Crippen MR) is 102 cm³/mol. The van der Waals surface area contributed by atoms with Gasteiger partial charge in [-0.25, -0.2) is 0 Å². The number of hydrogen-bond donors (Lipinski definition) is 1. The van der Waals surface area contributed by atoms with Crippen molar-refractivity contribution in [3.63, 3.8) is 0 Å². The highest BCUT2D eigenvalue weighted by Gasteiger charge is 2.23. The minimum atomic E-state index is -0.291. The van der Waals surface area contributed by atoms with E-state index >= 15 is 0 Å². The third-order valence-electron chi connectivity index (χ3n) is 4.30. The Morgan fingerprint density at radius 2 is 1.20 bits per heavy atom. The second kappa shape index (κ2) is 8.29. The molecule has 0 aliphatic heterocycles. The summed E-state index contributed by atoms with van der Waals surface area (Å²) in [5, 5.41) is 3.19. The van der Waals surface area contributed by atoms with E-state index in [0.29, 0.717) is 0 Å². The summed E-state index contributed by atoms with van der Waals surface area (Å²) < 4.78 is 0. The maximum Gasteiger partial charge on any atom is 0.232 e. The van der Waals surface area contributed by atoms with Crippen molar-refractivity contribution in [2.75, 3.05) is 0 Å². The maximum atomic E-state index is 13.0. The van der Waals surface area contributed by atoms with Gasteiger partial charge >= 0.3 is 0 Å². The highest BCUT2D eigenvalue weighted by molar-refractivity contribution is 5.87. The van der Waals surface area contributed by atoms with E-state index in [1.165, 1.54) is 5.56 Å². The molecular formula is C23H23NO. The number of benzene rings is 3. The van der Waals surface area contributed by atoms with E-state index in [0.717, 1.165) is 17.5 Å². The first kappa shape index (κ1) is 17.0. The van der Waals surface area contributed by atoms with Crippen LogP contribution in [0.5, 0.6) is 0 Å². The molecule has 0 radical (unpaired) electrons. The molecule has 1 N–H and O–H groups in total. The molecule has 0 unspecified atom stereocenters. The summed E-state index contributed by atoms with van der Waals surface area (Å²) in [5.74, 6) is -0.249. The molecule has 3 aromatic carbocycles. The number of carbonyl (C=O) groups excluding carboxylic acids is 1. The van der Waals surface area contributed by atoms with E-state index < -0.39 is 0 Å². The van der Waals surface area contributed by atoms with Crippen LogP contribution in [-0.2, 0) is 11.2 Å². The number of rotatable bonds is 6. The molecule has 0 aliphatic carbocycles. The van der Waals surface area contributed by atoms with E-state index in [9.17, 15) is 4.79 Å². The highest BCUT2D eigenvalue weighted by atomic mass is 16.1.